The topological polar surface area (TPSA) is 64.9 Å². The lowest BCUT2D eigenvalue weighted by molar-refractivity contribution is 0.432. The molecular formula is C15H12ClN3O. The van der Waals surface area contributed by atoms with Crippen LogP contribution < -0.4 is 5.73 Å². The molecule has 0 radical (unpaired) electrons. The number of benzene rings is 2. The summed E-state index contributed by atoms with van der Waals surface area (Å²) in [4.78, 5) is 4.38. The van der Waals surface area contributed by atoms with Crippen molar-refractivity contribution in [2.45, 2.75) is 6.54 Å². The van der Waals surface area contributed by atoms with E-state index in [2.05, 4.69) is 10.1 Å². The van der Waals surface area contributed by atoms with E-state index in [0.717, 1.165) is 16.7 Å². The molecule has 1 heterocycles. The number of nitrogens with zero attached hydrogens (tertiary/aromatic N) is 2. The summed E-state index contributed by atoms with van der Waals surface area (Å²) in [5.74, 6) is 0.994. The van der Waals surface area contributed by atoms with Crippen molar-refractivity contribution in [3.63, 3.8) is 0 Å². The molecule has 0 saturated carbocycles. The van der Waals surface area contributed by atoms with Gasteiger partial charge in [0.15, 0.2) is 0 Å². The van der Waals surface area contributed by atoms with Crippen molar-refractivity contribution in [2.24, 2.45) is 5.73 Å². The standard InChI is InChI=1S/C15H12ClN3O/c16-13-3-1-2-12(8-13)14-18-15(20-19-14)11-6-4-10(9-17)5-7-11/h1-8H,9,17H2. The molecule has 0 unspecified atom stereocenters. The van der Waals surface area contributed by atoms with Crippen LogP contribution in [0, 0.1) is 0 Å². The van der Waals surface area contributed by atoms with Crippen LogP contribution in [0.15, 0.2) is 53.1 Å². The molecule has 5 heteroatoms. The molecule has 3 rings (SSSR count). The molecule has 20 heavy (non-hydrogen) atoms. The Labute approximate surface area is 121 Å². The fourth-order valence-electron chi connectivity index (χ4n) is 1.87. The first kappa shape index (κ1) is 12.8. The van der Waals surface area contributed by atoms with Crippen LogP contribution >= 0.6 is 11.6 Å². The van der Waals surface area contributed by atoms with Crippen LogP contribution in [0.1, 0.15) is 5.56 Å². The van der Waals surface area contributed by atoms with E-state index in [1.165, 1.54) is 0 Å². The number of hydrogen-bond donors (Lipinski definition) is 1. The quantitative estimate of drug-likeness (QED) is 0.800. The molecule has 0 aliphatic heterocycles. The third-order valence-electron chi connectivity index (χ3n) is 2.95. The zero-order valence-electron chi connectivity index (χ0n) is 10.6. The molecule has 0 amide bonds. The van der Waals surface area contributed by atoms with Crippen LogP contribution in [-0.4, -0.2) is 10.1 Å². The fourth-order valence-corrected chi connectivity index (χ4v) is 2.06. The highest BCUT2D eigenvalue weighted by atomic mass is 35.5. The second-order valence-electron chi connectivity index (χ2n) is 4.33. The lowest BCUT2D eigenvalue weighted by Crippen LogP contribution is -1.95. The van der Waals surface area contributed by atoms with E-state index < -0.39 is 0 Å². The van der Waals surface area contributed by atoms with Crippen molar-refractivity contribution in [3.05, 3.63) is 59.1 Å². The highest BCUT2D eigenvalue weighted by Gasteiger charge is 2.10. The molecule has 0 fully saturated rings. The van der Waals surface area contributed by atoms with E-state index in [-0.39, 0.29) is 0 Å². The summed E-state index contributed by atoms with van der Waals surface area (Å²) < 4.78 is 5.28. The van der Waals surface area contributed by atoms with Gasteiger partial charge in [-0.1, -0.05) is 41.0 Å². The Hall–Kier alpha value is -2.17. The average Bonchev–Trinajstić information content (AvgIpc) is 2.97. The smallest absolute Gasteiger partial charge is 0.258 e. The minimum absolute atomic E-state index is 0.476. The normalized spacial score (nSPS) is 10.7. The molecule has 0 aliphatic carbocycles. The fraction of sp³-hybridized carbons (Fsp3) is 0.0667. The summed E-state index contributed by atoms with van der Waals surface area (Å²) in [5, 5.41) is 4.62. The van der Waals surface area contributed by atoms with E-state index >= 15 is 0 Å². The number of nitrogens with two attached hydrogens (primary N) is 1. The Kier molecular flexibility index (Phi) is 3.50. The van der Waals surface area contributed by atoms with Crippen molar-refractivity contribution in [1.29, 1.82) is 0 Å². The Bertz CT molecular complexity index is 722. The molecule has 2 N–H and O–H groups in total. The lowest BCUT2D eigenvalue weighted by Gasteiger charge is -1.97. The van der Waals surface area contributed by atoms with Crippen LogP contribution in [0.2, 0.25) is 5.02 Å². The number of halogens is 1. The first-order chi connectivity index (χ1) is 9.76. The van der Waals surface area contributed by atoms with E-state index in [4.69, 9.17) is 21.9 Å². The third-order valence-corrected chi connectivity index (χ3v) is 3.18. The van der Waals surface area contributed by atoms with Crippen molar-refractivity contribution >= 4 is 11.6 Å². The van der Waals surface area contributed by atoms with Gasteiger partial charge in [0.2, 0.25) is 5.82 Å². The summed E-state index contributed by atoms with van der Waals surface area (Å²) in [5.41, 5.74) is 8.32. The van der Waals surface area contributed by atoms with Crippen LogP contribution in [-0.2, 0) is 6.54 Å². The predicted octanol–water partition coefficient (Wildman–Crippen LogP) is 3.52. The Morgan fingerprint density at radius 1 is 1.05 bits per heavy atom. The van der Waals surface area contributed by atoms with E-state index in [1.807, 2.05) is 36.4 Å². The van der Waals surface area contributed by atoms with E-state index in [9.17, 15) is 0 Å². The lowest BCUT2D eigenvalue weighted by atomic mass is 10.1. The van der Waals surface area contributed by atoms with Gasteiger partial charge in [-0.25, -0.2) is 0 Å². The number of hydrogen-bond acceptors (Lipinski definition) is 4. The van der Waals surface area contributed by atoms with Gasteiger partial charge in [0.1, 0.15) is 0 Å². The van der Waals surface area contributed by atoms with Gasteiger partial charge in [-0.3, -0.25) is 0 Å². The Balaban J connectivity index is 1.93. The number of aromatic nitrogens is 2. The van der Waals surface area contributed by atoms with E-state index in [1.54, 1.807) is 12.1 Å². The summed E-state index contributed by atoms with van der Waals surface area (Å²) >= 11 is 5.95. The molecule has 0 aliphatic rings. The van der Waals surface area contributed by atoms with Crippen molar-refractivity contribution < 1.29 is 4.52 Å². The predicted molar refractivity (Wildman–Crippen MR) is 78.1 cm³/mol. The highest BCUT2D eigenvalue weighted by molar-refractivity contribution is 6.30. The maximum atomic E-state index is 5.95. The molecule has 100 valence electrons. The summed E-state index contributed by atoms with van der Waals surface area (Å²) in [6.45, 7) is 0.512. The van der Waals surface area contributed by atoms with Gasteiger partial charge in [-0.05, 0) is 29.8 Å². The number of rotatable bonds is 3. The largest absolute Gasteiger partial charge is 0.334 e. The zero-order valence-corrected chi connectivity index (χ0v) is 11.3. The molecule has 0 spiro atoms. The van der Waals surface area contributed by atoms with Gasteiger partial charge < -0.3 is 10.3 Å². The summed E-state index contributed by atoms with van der Waals surface area (Å²) in [6, 6.07) is 15.1. The molecule has 0 bridgehead atoms. The van der Waals surface area contributed by atoms with Crippen LogP contribution in [0.5, 0.6) is 0 Å². The second-order valence-corrected chi connectivity index (χ2v) is 4.77. The summed E-state index contributed by atoms with van der Waals surface area (Å²) in [6.07, 6.45) is 0. The van der Waals surface area contributed by atoms with Crippen molar-refractivity contribution in [3.8, 4) is 22.8 Å². The minimum Gasteiger partial charge on any atom is -0.334 e. The van der Waals surface area contributed by atoms with Gasteiger partial charge in [0, 0.05) is 22.7 Å². The maximum Gasteiger partial charge on any atom is 0.258 e. The van der Waals surface area contributed by atoms with Crippen LogP contribution in [0.3, 0.4) is 0 Å². The van der Waals surface area contributed by atoms with E-state index in [0.29, 0.717) is 23.3 Å². The molecule has 0 atom stereocenters. The van der Waals surface area contributed by atoms with Gasteiger partial charge in [0.05, 0.1) is 0 Å². The molecule has 2 aromatic carbocycles. The van der Waals surface area contributed by atoms with Crippen LogP contribution in [0.4, 0.5) is 0 Å². The molecule has 0 saturated heterocycles. The molecule has 1 aromatic heterocycles. The molecule has 3 aromatic rings. The van der Waals surface area contributed by atoms with Crippen molar-refractivity contribution in [2.75, 3.05) is 0 Å². The Morgan fingerprint density at radius 2 is 1.85 bits per heavy atom. The van der Waals surface area contributed by atoms with Gasteiger partial charge >= 0.3 is 0 Å². The average molecular weight is 286 g/mol. The van der Waals surface area contributed by atoms with Gasteiger partial charge in [-0.2, -0.15) is 4.98 Å². The SMILES string of the molecule is NCc1ccc(-c2nc(-c3cccc(Cl)c3)no2)cc1. The highest BCUT2D eigenvalue weighted by Crippen LogP contribution is 2.24. The molecular weight excluding hydrogens is 274 g/mol. The zero-order chi connectivity index (χ0) is 13.9. The van der Waals surface area contributed by atoms with Gasteiger partial charge in [-0.15, -0.1) is 0 Å². The van der Waals surface area contributed by atoms with Crippen LogP contribution in [0.25, 0.3) is 22.8 Å². The summed E-state index contributed by atoms with van der Waals surface area (Å²) in [7, 11) is 0. The molecule has 4 nitrogen and oxygen atoms in total. The third kappa shape index (κ3) is 2.57. The monoisotopic (exact) mass is 285 g/mol. The van der Waals surface area contributed by atoms with Crippen molar-refractivity contribution in [1.82, 2.24) is 10.1 Å². The second kappa shape index (κ2) is 5.45. The minimum atomic E-state index is 0.476. The first-order valence-electron chi connectivity index (χ1n) is 6.15. The Morgan fingerprint density at radius 3 is 2.55 bits per heavy atom. The van der Waals surface area contributed by atoms with Gasteiger partial charge in [0.25, 0.3) is 5.89 Å². The maximum absolute atomic E-state index is 5.95. The first-order valence-corrected chi connectivity index (χ1v) is 6.53.